The van der Waals surface area contributed by atoms with Crippen LogP contribution in [0.3, 0.4) is 0 Å². The van der Waals surface area contributed by atoms with Gasteiger partial charge in [0.05, 0.1) is 16.7 Å². The number of imidazole rings is 1. The number of hydrogen-bond acceptors (Lipinski definition) is 2. The quantitative estimate of drug-likeness (QED) is 0.169. The first-order chi connectivity index (χ1) is 28.8. The number of nitrogens with zero attached hydrogens (tertiary/aromatic N) is 2. The largest absolute Gasteiger partial charge is 0.455 e. The van der Waals surface area contributed by atoms with Crippen LogP contribution in [0.15, 0.2) is 199 Å². The summed E-state index contributed by atoms with van der Waals surface area (Å²) in [5.74, 6) is 0.916. The van der Waals surface area contributed by atoms with Crippen LogP contribution in [0.25, 0.3) is 127 Å². The third-order valence-corrected chi connectivity index (χ3v) is 12.3. The molecule has 0 amide bonds. The van der Waals surface area contributed by atoms with E-state index in [2.05, 4.69) is 193 Å². The molecule has 2 aromatic heterocycles. The Labute approximate surface area is 333 Å². The molecule has 0 bridgehead atoms. The third-order valence-electron chi connectivity index (χ3n) is 12.3. The molecule has 0 radical (unpaired) electrons. The molecule has 3 nitrogen and oxygen atoms in total. The van der Waals surface area contributed by atoms with E-state index in [0.717, 1.165) is 77.9 Å². The summed E-state index contributed by atoms with van der Waals surface area (Å²) in [7, 11) is 0. The van der Waals surface area contributed by atoms with E-state index in [4.69, 9.17) is 9.40 Å². The van der Waals surface area contributed by atoms with Crippen molar-refractivity contribution >= 4 is 65.3 Å². The molecule has 0 saturated carbocycles. The number of rotatable bonds is 3. The van der Waals surface area contributed by atoms with Gasteiger partial charge in [-0.1, -0.05) is 158 Å². The molecular weight excluding hydrogens is 705 g/mol. The van der Waals surface area contributed by atoms with E-state index in [1.807, 2.05) is 6.07 Å². The number of aromatic nitrogens is 2. The molecule has 1 aliphatic heterocycles. The van der Waals surface area contributed by atoms with Crippen molar-refractivity contribution in [2.75, 3.05) is 0 Å². The fourth-order valence-corrected chi connectivity index (χ4v) is 9.71. The lowest BCUT2D eigenvalue weighted by Gasteiger charge is -2.14. The van der Waals surface area contributed by atoms with Crippen molar-refractivity contribution in [1.82, 2.24) is 9.55 Å². The standard InChI is InChI=1S/C55H32N2O/c1-2-15-40-38(13-1)39-14-3-4-16-41(39)48-32-37(27-28-42(40)48)36-12-9-11-35(31-36)33-23-25-34(26-24-33)55-56-49-20-10-19-47-52-45(43-17-5-7-21-50(43)57(55)53(47)49)29-30-46-44-18-6-8-22-51(44)58-54(46)52/h1-32H. The first-order valence-electron chi connectivity index (χ1n) is 19.9. The molecule has 0 atom stereocenters. The molecular formula is C55H32N2O. The van der Waals surface area contributed by atoms with Crippen LogP contribution in [-0.4, -0.2) is 9.55 Å². The molecule has 10 aromatic carbocycles. The topological polar surface area (TPSA) is 31.0 Å². The van der Waals surface area contributed by atoms with Crippen LogP contribution in [0.1, 0.15) is 0 Å². The molecule has 0 unspecified atom stereocenters. The van der Waals surface area contributed by atoms with Gasteiger partial charge in [0.25, 0.3) is 0 Å². The highest BCUT2D eigenvalue weighted by Gasteiger charge is 2.28. The maximum absolute atomic E-state index is 6.67. The van der Waals surface area contributed by atoms with E-state index < -0.39 is 0 Å². The number of fused-ring (bicyclic) bond motifs is 15. The van der Waals surface area contributed by atoms with Crippen LogP contribution in [0.5, 0.6) is 0 Å². The Bertz CT molecular complexity index is 3640. The van der Waals surface area contributed by atoms with Gasteiger partial charge in [0.1, 0.15) is 17.0 Å². The Morgan fingerprint density at radius 1 is 0.362 bits per heavy atom. The van der Waals surface area contributed by atoms with Crippen molar-refractivity contribution in [1.29, 1.82) is 0 Å². The molecule has 0 spiro atoms. The van der Waals surface area contributed by atoms with Gasteiger partial charge in [-0.2, -0.15) is 0 Å². The minimum atomic E-state index is 0.898. The Hall–Kier alpha value is -7.75. The van der Waals surface area contributed by atoms with Crippen LogP contribution in [0, 0.1) is 0 Å². The molecule has 12 aromatic rings. The molecule has 13 rings (SSSR count). The van der Waals surface area contributed by atoms with Gasteiger partial charge in [-0.15, -0.1) is 0 Å². The lowest BCUT2D eigenvalue weighted by molar-refractivity contribution is 0.670. The molecule has 0 saturated heterocycles. The normalized spacial score (nSPS) is 12.1. The first-order valence-corrected chi connectivity index (χ1v) is 19.9. The van der Waals surface area contributed by atoms with Crippen LogP contribution in [-0.2, 0) is 0 Å². The maximum atomic E-state index is 6.67. The second kappa shape index (κ2) is 11.9. The van der Waals surface area contributed by atoms with Crippen molar-refractivity contribution in [3.8, 4) is 61.6 Å². The predicted molar refractivity (Wildman–Crippen MR) is 242 cm³/mol. The zero-order chi connectivity index (χ0) is 37.9. The van der Waals surface area contributed by atoms with Gasteiger partial charge in [-0.25, -0.2) is 4.98 Å². The van der Waals surface area contributed by atoms with Crippen molar-refractivity contribution in [3.63, 3.8) is 0 Å². The van der Waals surface area contributed by atoms with Gasteiger partial charge in [0, 0.05) is 33.0 Å². The minimum Gasteiger partial charge on any atom is -0.455 e. The van der Waals surface area contributed by atoms with Gasteiger partial charge >= 0.3 is 0 Å². The summed E-state index contributed by atoms with van der Waals surface area (Å²) in [5.41, 5.74) is 15.3. The highest BCUT2D eigenvalue weighted by Crippen LogP contribution is 2.49. The summed E-state index contributed by atoms with van der Waals surface area (Å²) in [6.45, 7) is 0. The highest BCUT2D eigenvalue weighted by molar-refractivity contribution is 6.26. The summed E-state index contributed by atoms with van der Waals surface area (Å²) >= 11 is 0. The van der Waals surface area contributed by atoms with E-state index in [1.54, 1.807) is 0 Å². The minimum absolute atomic E-state index is 0.898. The third kappa shape index (κ3) is 4.41. The van der Waals surface area contributed by atoms with Gasteiger partial charge in [0.15, 0.2) is 0 Å². The molecule has 1 aliphatic rings. The number of para-hydroxylation sites is 3. The fourth-order valence-electron chi connectivity index (χ4n) is 9.71. The van der Waals surface area contributed by atoms with Gasteiger partial charge in [-0.05, 0) is 96.5 Å². The van der Waals surface area contributed by atoms with Crippen molar-refractivity contribution in [3.05, 3.63) is 194 Å². The van der Waals surface area contributed by atoms with Crippen molar-refractivity contribution in [2.24, 2.45) is 0 Å². The van der Waals surface area contributed by atoms with Crippen LogP contribution in [0.2, 0.25) is 0 Å². The van der Waals surface area contributed by atoms with Gasteiger partial charge in [-0.3, -0.25) is 4.57 Å². The number of furan rings is 1. The molecule has 0 N–H and O–H groups in total. The van der Waals surface area contributed by atoms with Crippen LogP contribution in [0.4, 0.5) is 0 Å². The lowest BCUT2D eigenvalue weighted by atomic mass is 9.91. The molecule has 268 valence electrons. The highest BCUT2D eigenvalue weighted by atomic mass is 16.3. The summed E-state index contributed by atoms with van der Waals surface area (Å²) in [5, 5.41) is 9.98. The monoisotopic (exact) mass is 736 g/mol. The molecule has 3 heteroatoms. The Morgan fingerprint density at radius 2 is 0.931 bits per heavy atom. The van der Waals surface area contributed by atoms with E-state index in [9.17, 15) is 0 Å². The zero-order valence-electron chi connectivity index (χ0n) is 31.3. The fraction of sp³-hybridized carbons (Fsp3) is 0. The smallest absolute Gasteiger partial charge is 0.145 e. The summed E-state index contributed by atoms with van der Waals surface area (Å²) < 4.78 is 9.03. The molecule has 58 heavy (non-hydrogen) atoms. The molecule has 3 heterocycles. The van der Waals surface area contributed by atoms with Crippen molar-refractivity contribution < 1.29 is 4.42 Å². The SMILES string of the molecule is c1cc(-c2ccc(-c3nc4cccc5c4n3-c3ccccc3-c3ccc4c(oc6ccccc64)c3-5)cc2)cc(-c2ccc3c4ccccc4c4ccccc4c3c2)c1. The summed E-state index contributed by atoms with van der Waals surface area (Å²) in [6, 6.07) is 70.2. The van der Waals surface area contributed by atoms with Crippen molar-refractivity contribution in [2.45, 2.75) is 0 Å². The van der Waals surface area contributed by atoms with E-state index >= 15 is 0 Å². The van der Waals surface area contributed by atoms with E-state index in [0.29, 0.717) is 0 Å². The Morgan fingerprint density at radius 3 is 1.72 bits per heavy atom. The first kappa shape index (κ1) is 31.5. The average Bonchev–Trinajstić information content (AvgIpc) is 3.84. The zero-order valence-corrected chi connectivity index (χ0v) is 31.3. The van der Waals surface area contributed by atoms with Gasteiger partial charge < -0.3 is 4.42 Å². The van der Waals surface area contributed by atoms with E-state index in [1.165, 1.54) is 49.0 Å². The second-order valence-electron chi connectivity index (χ2n) is 15.4. The average molecular weight is 737 g/mol. The van der Waals surface area contributed by atoms with Gasteiger partial charge in [0.2, 0.25) is 0 Å². The second-order valence-corrected chi connectivity index (χ2v) is 15.4. The maximum Gasteiger partial charge on any atom is 0.145 e. The van der Waals surface area contributed by atoms with E-state index in [-0.39, 0.29) is 0 Å². The molecule has 0 fully saturated rings. The Kier molecular flexibility index (Phi) is 6.44. The molecule has 0 aliphatic carbocycles. The predicted octanol–water partition coefficient (Wildman–Crippen LogP) is 15.0. The summed E-state index contributed by atoms with van der Waals surface area (Å²) in [6.07, 6.45) is 0. The summed E-state index contributed by atoms with van der Waals surface area (Å²) in [4.78, 5) is 5.34. The Balaban J connectivity index is 0.936. The lowest BCUT2D eigenvalue weighted by Crippen LogP contribution is -1.99. The van der Waals surface area contributed by atoms with Crippen LogP contribution >= 0.6 is 0 Å². The number of benzene rings is 10. The number of hydrogen-bond donors (Lipinski definition) is 0. The van der Waals surface area contributed by atoms with Crippen LogP contribution < -0.4 is 0 Å².